The number of carboxylic acid groups (broad SMARTS) is 1. The first kappa shape index (κ1) is 26.1. The second kappa shape index (κ2) is 11.0. The summed E-state index contributed by atoms with van der Waals surface area (Å²) in [6.07, 6.45) is 3.45. The summed E-state index contributed by atoms with van der Waals surface area (Å²) in [5, 5.41) is 24.4. The number of aromatic nitrogens is 1. The van der Waals surface area contributed by atoms with Gasteiger partial charge in [-0.15, -0.1) is 23.5 Å². The van der Waals surface area contributed by atoms with Crippen LogP contribution in [-0.2, 0) is 27.5 Å². The van der Waals surface area contributed by atoms with Crippen LogP contribution < -0.4 is 15.0 Å². The van der Waals surface area contributed by atoms with Gasteiger partial charge in [0.2, 0.25) is 5.91 Å². The maximum absolute atomic E-state index is 12.8. The molecule has 4 rings (SSSR count). The van der Waals surface area contributed by atoms with Gasteiger partial charge in [-0.05, 0) is 18.2 Å². The molecule has 2 aliphatic rings. The number of nitrogens with zero attached hydrogens (tertiary/aromatic N) is 2. The predicted octanol–water partition coefficient (Wildman–Crippen LogP) is 1.62. The van der Waals surface area contributed by atoms with Crippen LogP contribution >= 0.6 is 58.3 Å². The van der Waals surface area contributed by atoms with E-state index in [4.69, 9.17) is 34.8 Å². The number of fused-ring (bicyclic) bond motifs is 1. The van der Waals surface area contributed by atoms with E-state index in [1.165, 1.54) is 22.7 Å². The predicted molar refractivity (Wildman–Crippen MR) is 132 cm³/mol. The highest BCUT2D eigenvalue weighted by Crippen LogP contribution is 2.40. The largest absolute Gasteiger partial charge is 0.543 e. The minimum absolute atomic E-state index is 0.0227. The van der Waals surface area contributed by atoms with E-state index in [1.807, 2.05) is 0 Å². The van der Waals surface area contributed by atoms with Crippen molar-refractivity contribution >= 4 is 76.1 Å². The van der Waals surface area contributed by atoms with E-state index < -0.39 is 29.2 Å². The average Bonchev–Trinajstić information content (AvgIpc) is 2.83. The fourth-order valence-corrected chi connectivity index (χ4v) is 6.63. The molecule has 2 atom stereocenters. The quantitative estimate of drug-likeness (QED) is 0.213. The number of pyridine rings is 1. The molecular formula is C22H18Cl3N3O5S2. The number of halogens is 3. The van der Waals surface area contributed by atoms with Crippen LogP contribution in [0.4, 0.5) is 0 Å². The maximum Gasteiger partial charge on any atom is 0.253 e. The number of aliphatic carboxylic acids is 1. The summed E-state index contributed by atoms with van der Waals surface area (Å²) in [7, 11) is 0. The molecule has 2 aromatic rings. The van der Waals surface area contributed by atoms with Gasteiger partial charge in [-0.25, -0.2) is 4.57 Å². The van der Waals surface area contributed by atoms with Gasteiger partial charge in [0.1, 0.15) is 11.4 Å². The molecule has 8 nitrogen and oxygen atoms in total. The highest BCUT2D eigenvalue weighted by molar-refractivity contribution is 8.00. The Labute approximate surface area is 224 Å². The van der Waals surface area contributed by atoms with Crippen molar-refractivity contribution < 1.29 is 29.2 Å². The fraction of sp³-hybridized carbons (Fsp3) is 0.273. The van der Waals surface area contributed by atoms with Crippen molar-refractivity contribution in [1.29, 1.82) is 0 Å². The number of aliphatic hydroxyl groups excluding tert-OH is 1. The molecule has 1 saturated heterocycles. The second-order valence-electron chi connectivity index (χ2n) is 7.72. The van der Waals surface area contributed by atoms with Gasteiger partial charge in [0.05, 0.1) is 39.1 Å². The van der Waals surface area contributed by atoms with Crippen LogP contribution in [0.5, 0.6) is 0 Å². The van der Waals surface area contributed by atoms with Crippen LogP contribution in [-0.4, -0.2) is 50.7 Å². The summed E-state index contributed by atoms with van der Waals surface area (Å²) in [4.78, 5) is 39.0. The van der Waals surface area contributed by atoms with E-state index in [0.717, 1.165) is 11.8 Å². The summed E-state index contributed by atoms with van der Waals surface area (Å²) < 4.78 is 1.74. The van der Waals surface area contributed by atoms with E-state index in [9.17, 15) is 24.6 Å². The normalized spacial score (nSPS) is 19.3. The first-order valence-corrected chi connectivity index (χ1v) is 13.4. The maximum atomic E-state index is 12.8. The number of benzene rings is 1. The number of nitrogens with one attached hydrogen (secondary N) is 1. The number of rotatable bonds is 8. The summed E-state index contributed by atoms with van der Waals surface area (Å²) in [6, 6.07) is 5.69. The number of amides is 2. The number of hydrogen-bond acceptors (Lipinski definition) is 7. The first-order chi connectivity index (χ1) is 16.7. The second-order valence-corrected chi connectivity index (χ2v) is 11.1. The van der Waals surface area contributed by atoms with E-state index in [-0.39, 0.29) is 24.6 Å². The molecule has 0 saturated carbocycles. The molecular weight excluding hydrogens is 557 g/mol. The van der Waals surface area contributed by atoms with Gasteiger partial charge in [-0.2, -0.15) is 0 Å². The number of carbonyl (C=O) groups is 3. The van der Waals surface area contributed by atoms with Crippen molar-refractivity contribution in [2.24, 2.45) is 0 Å². The van der Waals surface area contributed by atoms with Crippen molar-refractivity contribution in [2.75, 3.05) is 11.5 Å². The summed E-state index contributed by atoms with van der Waals surface area (Å²) in [5.74, 6) is -2.05. The molecule has 0 aliphatic carbocycles. The van der Waals surface area contributed by atoms with Gasteiger partial charge in [0, 0.05) is 27.9 Å². The number of carbonyl (C=O) groups excluding carboxylic acids is 3. The molecule has 184 valence electrons. The van der Waals surface area contributed by atoms with Crippen LogP contribution in [0.15, 0.2) is 52.8 Å². The SMILES string of the molecule is O=C(CSc1cc(Cl)c(Cl)cc1Cl)N[C@@H]1C(=O)N2C(C(=O)[O-])=C(C[n+]3cccc(CO)c3)CS[C@H]12. The Hall–Kier alpha value is -1.95. The molecule has 0 bridgehead atoms. The number of carboxylic acids is 1. The third-order valence-corrected chi connectivity index (χ3v) is 8.91. The van der Waals surface area contributed by atoms with E-state index in [0.29, 0.717) is 36.9 Å². The number of aliphatic hydroxyl groups is 1. The van der Waals surface area contributed by atoms with Crippen LogP contribution in [0.2, 0.25) is 15.1 Å². The highest BCUT2D eigenvalue weighted by Gasteiger charge is 2.53. The Bertz CT molecular complexity index is 1240. The number of β-lactam (4-membered cyclic amide) rings is 1. The van der Waals surface area contributed by atoms with Crippen molar-refractivity contribution in [3.8, 4) is 0 Å². The molecule has 0 spiro atoms. The van der Waals surface area contributed by atoms with E-state index in [1.54, 1.807) is 35.2 Å². The van der Waals surface area contributed by atoms with Crippen LogP contribution in [0.1, 0.15) is 5.56 Å². The van der Waals surface area contributed by atoms with Crippen molar-refractivity contribution in [2.45, 2.75) is 29.5 Å². The van der Waals surface area contributed by atoms with Crippen LogP contribution in [0, 0.1) is 0 Å². The minimum Gasteiger partial charge on any atom is -0.543 e. The molecule has 1 aromatic heterocycles. The Kier molecular flexibility index (Phi) is 8.19. The molecule has 2 amide bonds. The molecule has 0 radical (unpaired) electrons. The Balaban J connectivity index is 1.42. The smallest absolute Gasteiger partial charge is 0.253 e. The van der Waals surface area contributed by atoms with Crippen LogP contribution in [0.25, 0.3) is 0 Å². The molecule has 0 unspecified atom stereocenters. The average molecular weight is 575 g/mol. The molecule has 3 heterocycles. The van der Waals surface area contributed by atoms with Crippen LogP contribution in [0.3, 0.4) is 0 Å². The zero-order valence-electron chi connectivity index (χ0n) is 17.9. The highest BCUT2D eigenvalue weighted by atomic mass is 35.5. The monoisotopic (exact) mass is 573 g/mol. The molecule has 35 heavy (non-hydrogen) atoms. The van der Waals surface area contributed by atoms with Gasteiger partial charge in [0.25, 0.3) is 5.91 Å². The third kappa shape index (κ3) is 5.58. The third-order valence-electron chi connectivity index (χ3n) is 5.37. The van der Waals surface area contributed by atoms with Gasteiger partial charge >= 0.3 is 0 Å². The van der Waals surface area contributed by atoms with Gasteiger partial charge < -0.3 is 20.3 Å². The topological polar surface area (TPSA) is 114 Å². The zero-order chi connectivity index (χ0) is 25.3. The lowest BCUT2D eigenvalue weighted by molar-refractivity contribution is -0.689. The molecule has 1 fully saturated rings. The lowest BCUT2D eigenvalue weighted by Gasteiger charge is -2.50. The Morgan fingerprint density at radius 3 is 2.71 bits per heavy atom. The summed E-state index contributed by atoms with van der Waals surface area (Å²) in [6.45, 7) is 0.0737. The van der Waals surface area contributed by atoms with E-state index >= 15 is 0 Å². The minimum atomic E-state index is -1.45. The fourth-order valence-electron chi connectivity index (χ4n) is 3.76. The van der Waals surface area contributed by atoms with Gasteiger partial charge in [-0.1, -0.05) is 34.8 Å². The molecule has 2 N–H and O–H groups in total. The molecule has 13 heteroatoms. The number of hydrogen-bond donors (Lipinski definition) is 2. The van der Waals surface area contributed by atoms with Gasteiger partial charge in [-0.3, -0.25) is 14.5 Å². The standard InChI is InChI=1S/C22H18Cl3N3O5S2/c23-13-4-15(25)16(5-14(13)24)34-10-17(30)26-18-20(31)28-19(22(32)33)12(9-35-21(18)28)7-27-3-1-2-11(6-27)8-29/h1-6,18,21,29H,7-10H2,(H-,26,30,32,33)/t18-,21-/m1/s1. The summed E-state index contributed by atoms with van der Waals surface area (Å²) >= 11 is 20.6. The molecule has 1 aromatic carbocycles. The molecule has 2 aliphatic heterocycles. The van der Waals surface area contributed by atoms with Crippen molar-refractivity contribution in [3.05, 3.63) is 68.6 Å². The zero-order valence-corrected chi connectivity index (χ0v) is 21.8. The van der Waals surface area contributed by atoms with Crippen molar-refractivity contribution in [3.63, 3.8) is 0 Å². The van der Waals surface area contributed by atoms with Gasteiger partial charge in [0.15, 0.2) is 18.9 Å². The lowest BCUT2D eigenvalue weighted by atomic mass is 10.0. The number of thioether (sulfide) groups is 2. The van der Waals surface area contributed by atoms with Crippen molar-refractivity contribution in [1.82, 2.24) is 10.2 Å². The Morgan fingerprint density at radius 1 is 1.26 bits per heavy atom. The Morgan fingerprint density at radius 2 is 2.00 bits per heavy atom. The lowest BCUT2D eigenvalue weighted by Crippen LogP contribution is -2.71. The van der Waals surface area contributed by atoms with E-state index in [2.05, 4.69) is 5.32 Å². The first-order valence-electron chi connectivity index (χ1n) is 10.2. The summed E-state index contributed by atoms with van der Waals surface area (Å²) in [5.41, 5.74) is 1.00.